The number of nitrogens with one attached hydrogen (secondary N) is 1. The van der Waals surface area contributed by atoms with Crippen molar-refractivity contribution in [1.82, 2.24) is 9.78 Å². The summed E-state index contributed by atoms with van der Waals surface area (Å²) in [4.78, 5) is 22.8. The highest BCUT2D eigenvalue weighted by Crippen LogP contribution is 2.17. The minimum Gasteiger partial charge on any atom is -0.462 e. The Bertz CT molecular complexity index is 622. The average Bonchev–Trinajstić information content (AvgIpc) is 2.83. The molecule has 20 heavy (non-hydrogen) atoms. The van der Waals surface area contributed by atoms with Gasteiger partial charge in [0.1, 0.15) is 5.56 Å². The first-order chi connectivity index (χ1) is 9.61. The van der Waals surface area contributed by atoms with Crippen molar-refractivity contribution >= 4 is 17.8 Å². The number of amides is 2. The molecule has 1 aromatic heterocycles. The van der Waals surface area contributed by atoms with Crippen molar-refractivity contribution in [1.29, 1.82) is 0 Å². The van der Waals surface area contributed by atoms with Gasteiger partial charge in [0.15, 0.2) is 5.82 Å². The standard InChI is InChI=1S/C13H14N4O3/c1-2-20-12(18)10-8-17(9-6-4-3-5-7-9)16-11(10)15-13(14)19/h3-8H,2H2,1H3,(H3,14,15,16,19). The lowest BCUT2D eigenvalue weighted by Crippen LogP contribution is -2.21. The van der Waals surface area contributed by atoms with Crippen molar-refractivity contribution in [2.45, 2.75) is 6.92 Å². The van der Waals surface area contributed by atoms with Gasteiger partial charge in [0.2, 0.25) is 0 Å². The first-order valence-electron chi connectivity index (χ1n) is 6.00. The third-order valence-electron chi connectivity index (χ3n) is 2.47. The van der Waals surface area contributed by atoms with Crippen molar-refractivity contribution in [2.24, 2.45) is 5.73 Å². The molecule has 0 fully saturated rings. The van der Waals surface area contributed by atoms with Crippen LogP contribution in [0.2, 0.25) is 0 Å². The molecular weight excluding hydrogens is 260 g/mol. The number of benzene rings is 1. The van der Waals surface area contributed by atoms with Crippen LogP contribution in [0.1, 0.15) is 17.3 Å². The van der Waals surface area contributed by atoms with E-state index in [-0.39, 0.29) is 18.0 Å². The van der Waals surface area contributed by atoms with Gasteiger partial charge in [-0.3, -0.25) is 5.32 Å². The van der Waals surface area contributed by atoms with Gasteiger partial charge in [-0.15, -0.1) is 5.10 Å². The highest BCUT2D eigenvalue weighted by molar-refractivity contribution is 5.99. The van der Waals surface area contributed by atoms with Crippen molar-refractivity contribution < 1.29 is 14.3 Å². The molecule has 0 atom stereocenters. The summed E-state index contributed by atoms with van der Waals surface area (Å²) in [5.41, 5.74) is 5.96. The zero-order chi connectivity index (χ0) is 14.5. The number of aromatic nitrogens is 2. The predicted molar refractivity (Wildman–Crippen MR) is 72.7 cm³/mol. The minimum absolute atomic E-state index is 0.0693. The molecule has 3 N–H and O–H groups in total. The normalized spacial score (nSPS) is 10.1. The Kier molecular flexibility index (Phi) is 3.99. The maximum Gasteiger partial charge on any atom is 0.343 e. The number of rotatable bonds is 4. The van der Waals surface area contributed by atoms with Crippen molar-refractivity contribution in [2.75, 3.05) is 11.9 Å². The van der Waals surface area contributed by atoms with Crippen LogP contribution in [0, 0.1) is 0 Å². The van der Waals surface area contributed by atoms with Crippen molar-refractivity contribution in [3.8, 4) is 5.69 Å². The van der Waals surface area contributed by atoms with Crippen molar-refractivity contribution in [3.05, 3.63) is 42.1 Å². The number of nitrogens with two attached hydrogens (primary N) is 1. The molecule has 1 aromatic carbocycles. The van der Waals surface area contributed by atoms with Gasteiger partial charge in [0.05, 0.1) is 12.3 Å². The quantitative estimate of drug-likeness (QED) is 0.826. The topological polar surface area (TPSA) is 99.2 Å². The van der Waals surface area contributed by atoms with Gasteiger partial charge in [0, 0.05) is 6.20 Å². The second kappa shape index (κ2) is 5.87. The van der Waals surface area contributed by atoms with E-state index in [9.17, 15) is 9.59 Å². The smallest absolute Gasteiger partial charge is 0.343 e. The summed E-state index contributed by atoms with van der Waals surface area (Å²) in [6.07, 6.45) is 1.48. The highest BCUT2D eigenvalue weighted by Gasteiger charge is 2.19. The van der Waals surface area contributed by atoms with Crippen LogP contribution in [-0.2, 0) is 4.74 Å². The summed E-state index contributed by atoms with van der Waals surface area (Å²) in [6.45, 7) is 1.92. The molecule has 104 valence electrons. The Hall–Kier alpha value is -2.83. The Labute approximate surface area is 115 Å². The number of hydrogen-bond donors (Lipinski definition) is 2. The van der Waals surface area contributed by atoms with Gasteiger partial charge in [-0.2, -0.15) is 0 Å². The molecule has 0 aliphatic carbocycles. The summed E-state index contributed by atoms with van der Waals surface area (Å²) in [6, 6.07) is 8.37. The van der Waals surface area contributed by atoms with Gasteiger partial charge in [-0.1, -0.05) is 18.2 Å². The summed E-state index contributed by atoms with van der Waals surface area (Å²) < 4.78 is 6.38. The van der Waals surface area contributed by atoms with Crippen LogP contribution >= 0.6 is 0 Å². The van der Waals surface area contributed by atoms with E-state index in [2.05, 4.69) is 10.4 Å². The van der Waals surface area contributed by atoms with Crippen LogP contribution in [0.3, 0.4) is 0 Å². The molecule has 7 heteroatoms. The molecule has 0 spiro atoms. The molecule has 0 aliphatic rings. The van der Waals surface area contributed by atoms with Crippen LogP contribution in [0.15, 0.2) is 36.5 Å². The van der Waals surface area contributed by atoms with Gasteiger partial charge in [0.25, 0.3) is 0 Å². The van der Waals surface area contributed by atoms with Gasteiger partial charge >= 0.3 is 12.0 Å². The molecule has 1 heterocycles. The number of anilines is 1. The molecule has 0 unspecified atom stereocenters. The SMILES string of the molecule is CCOC(=O)c1cn(-c2ccccc2)nc1NC(N)=O. The number of para-hydroxylation sites is 1. The number of carbonyl (C=O) groups is 2. The fourth-order valence-corrected chi connectivity index (χ4v) is 1.65. The van der Waals surface area contributed by atoms with E-state index in [0.717, 1.165) is 5.69 Å². The zero-order valence-corrected chi connectivity index (χ0v) is 10.9. The molecule has 2 rings (SSSR count). The molecular formula is C13H14N4O3. The fraction of sp³-hybridized carbons (Fsp3) is 0.154. The highest BCUT2D eigenvalue weighted by atomic mass is 16.5. The van der Waals surface area contributed by atoms with E-state index in [1.54, 1.807) is 6.92 Å². The second-order valence-electron chi connectivity index (χ2n) is 3.88. The van der Waals surface area contributed by atoms with Crippen LogP contribution in [0.5, 0.6) is 0 Å². The molecule has 0 saturated heterocycles. The molecule has 7 nitrogen and oxygen atoms in total. The lowest BCUT2D eigenvalue weighted by atomic mass is 10.3. The third-order valence-corrected chi connectivity index (χ3v) is 2.47. The predicted octanol–water partition coefficient (Wildman–Crippen LogP) is 1.54. The first-order valence-corrected chi connectivity index (χ1v) is 6.00. The van der Waals surface area contributed by atoms with Crippen molar-refractivity contribution in [3.63, 3.8) is 0 Å². The molecule has 0 aliphatic heterocycles. The maximum absolute atomic E-state index is 11.8. The Balaban J connectivity index is 2.41. The Morgan fingerprint density at radius 1 is 1.35 bits per heavy atom. The summed E-state index contributed by atoms with van der Waals surface area (Å²) in [7, 11) is 0. The van der Waals surface area contributed by atoms with E-state index in [4.69, 9.17) is 10.5 Å². The zero-order valence-electron chi connectivity index (χ0n) is 10.9. The maximum atomic E-state index is 11.8. The lowest BCUT2D eigenvalue weighted by molar-refractivity contribution is 0.0527. The van der Waals surface area contributed by atoms with E-state index >= 15 is 0 Å². The largest absolute Gasteiger partial charge is 0.462 e. The monoisotopic (exact) mass is 274 g/mol. The average molecular weight is 274 g/mol. The number of ether oxygens (including phenoxy) is 1. The molecule has 2 aromatic rings. The van der Waals surface area contributed by atoms with Crippen LogP contribution in [-0.4, -0.2) is 28.4 Å². The lowest BCUT2D eigenvalue weighted by Gasteiger charge is -2.01. The van der Waals surface area contributed by atoms with E-state index in [0.29, 0.717) is 0 Å². The Morgan fingerprint density at radius 2 is 2.05 bits per heavy atom. The molecule has 0 radical (unpaired) electrons. The number of primary amides is 1. The van der Waals surface area contributed by atoms with Gasteiger partial charge in [-0.05, 0) is 19.1 Å². The van der Waals surface area contributed by atoms with Crippen LogP contribution in [0.25, 0.3) is 5.69 Å². The number of urea groups is 1. The fourth-order valence-electron chi connectivity index (χ4n) is 1.65. The molecule has 0 bridgehead atoms. The summed E-state index contributed by atoms with van der Waals surface area (Å²) in [5.74, 6) is -0.502. The minimum atomic E-state index is -0.797. The number of carbonyl (C=O) groups excluding carboxylic acids is 2. The Morgan fingerprint density at radius 3 is 2.65 bits per heavy atom. The first kappa shape index (κ1) is 13.6. The van der Waals surface area contributed by atoms with E-state index < -0.39 is 12.0 Å². The molecule has 2 amide bonds. The van der Waals surface area contributed by atoms with Crippen LogP contribution < -0.4 is 11.1 Å². The second-order valence-corrected chi connectivity index (χ2v) is 3.88. The van der Waals surface area contributed by atoms with E-state index in [1.165, 1.54) is 10.9 Å². The summed E-state index contributed by atoms with van der Waals surface area (Å²) >= 11 is 0. The van der Waals surface area contributed by atoms with Gasteiger partial charge < -0.3 is 10.5 Å². The number of esters is 1. The number of nitrogens with zero attached hydrogens (tertiary/aromatic N) is 2. The van der Waals surface area contributed by atoms with E-state index in [1.807, 2.05) is 30.3 Å². The van der Waals surface area contributed by atoms with Gasteiger partial charge in [-0.25, -0.2) is 14.3 Å². The number of hydrogen-bond acceptors (Lipinski definition) is 4. The third kappa shape index (κ3) is 2.94. The summed E-state index contributed by atoms with van der Waals surface area (Å²) in [5, 5.41) is 6.44. The molecule has 0 saturated carbocycles. The van der Waals surface area contributed by atoms with Crippen LogP contribution in [0.4, 0.5) is 10.6 Å².